The number of sulfonamides is 1. The fraction of sp³-hybridized carbons (Fsp3) is 0.440. The van der Waals surface area contributed by atoms with Gasteiger partial charge in [-0.15, -0.1) is 0 Å². The van der Waals surface area contributed by atoms with Gasteiger partial charge in [0.15, 0.2) is 0 Å². The van der Waals surface area contributed by atoms with Crippen molar-refractivity contribution in [3.63, 3.8) is 0 Å². The number of para-hydroxylation sites is 1. The van der Waals surface area contributed by atoms with Crippen LogP contribution >= 0.6 is 0 Å². The molecule has 0 saturated carbocycles. The van der Waals surface area contributed by atoms with Gasteiger partial charge >= 0.3 is 0 Å². The molecule has 0 radical (unpaired) electrons. The van der Waals surface area contributed by atoms with Crippen LogP contribution in [0.4, 0.5) is 5.69 Å². The van der Waals surface area contributed by atoms with Crippen LogP contribution in [-0.2, 0) is 14.8 Å². The monoisotopic (exact) mass is 501 g/mol. The van der Waals surface area contributed by atoms with Gasteiger partial charge in [-0.2, -0.15) is 4.31 Å². The van der Waals surface area contributed by atoms with E-state index in [0.717, 1.165) is 32.1 Å². The summed E-state index contributed by atoms with van der Waals surface area (Å²) in [6.45, 7) is 2.02. The lowest BCUT2D eigenvalue weighted by molar-refractivity contribution is 0.0858. The molecule has 0 aliphatic carbocycles. The number of hydrogen-bond donors (Lipinski definition) is 2. The Kier molecular flexibility index (Phi) is 8.04. The van der Waals surface area contributed by atoms with Gasteiger partial charge < -0.3 is 20.1 Å². The summed E-state index contributed by atoms with van der Waals surface area (Å²) < 4.78 is 38.6. The Morgan fingerprint density at radius 1 is 1.03 bits per heavy atom. The molecule has 35 heavy (non-hydrogen) atoms. The SMILES string of the molecule is COc1ccc(S(=O)(=O)N2CCCCC2)cc1C(=O)Nc1ccccc1C(=O)NC[C@H]1CCCO1. The van der Waals surface area contributed by atoms with Crippen molar-refractivity contribution in [1.29, 1.82) is 0 Å². The highest BCUT2D eigenvalue weighted by atomic mass is 32.2. The van der Waals surface area contributed by atoms with Crippen LogP contribution in [0.1, 0.15) is 52.8 Å². The summed E-state index contributed by atoms with van der Waals surface area (Å²) in [5.41, 5.74) is 0.684. The van der Waals surface area contributed by atoms with Crippen molar-refractivity contribution in [1.82, 2.24) is 9.62 Å². The number of benzene rings is 2. The molecular weight excluding hydrogens is 470 g/mol. The summed E-state index contributed by atoms with van der Waals surface area (Å²) in [5, 5.41) is 5.61. The Balaban J connectivity index is 1.55. The smallest absolute Gasteiger partial charge is 0.259 e. The molecule has 2 aromatic carbocycles. The quantitative estimate of drug-likeness (QED) is 0.575. The Morgan fingerprint density at radius 3 is 2.51 bits per heavy atom. The molecule has 2 aromatic rings. The molecule has 0 aromatic heterocycles. The average molecular weight is 502 g/mol. The molecule has 1 atom stereocenters. The first kappa shape index (κ1) is 25.2. The van der Waals surface area contributed by atoms with Crippen LogP contribution < -0.4 is 15.4 Å². The zero-order chi connectivity index (χ0) is 24.8. The van der Waals surface area contributed by atoms with E-state index in [2.05, 4.69) is 10.6 Å². The number of methoxy groups -OCH3 is 1. The fourth-order valence-electron chi connectivity index (χ4n) is 4.37. The van der Waals surface area contributed by atoms with Crippen LogP contribution in [0.25, 0.3) is 0 Å². The molecule has 2 fully saturated rings. The highest BCUT2D eigenvalue weighted by Gasteiger charge is 2.28. The third-order valence-electron chi connectivity index (χ3n) is 6.30. The van der Waals surface area contributed by atoms with E-state index < -0.39 is 15.9 Å². The fourth-order valence-corrected chi connectivity index (χ4v) is 5.91. The number of carbonyl (C=O) groups is 2. The van der Waals surface area contributed by atoms with Crippen molar-refractivity contribution < 1.29 is 27.5 Å². The minimum absolute atomic E-state index is 0.00504. The van der Waals surface area contributed by atoms with Gasteiger partial charge in [-0.25, -0.2) is 8.42 Å². The Bertz CT molecular complexity index is 1170. The topological polar surface area (TPSA) is 114 Å². The third-order valence-corrected chi connectivity index (χ3v) is 8.20. The number of nitrogens with zero attached hydrogens (tertiary/aromatic N) is 1. The number of carbonyl (C=O) groups excluding carboxylic acids is 2. The lowest BCUT2D eigenvalue weighted by atomic mass is 10.1. The summed E-state index contributed by atoms with van der Waals surface area (Å²) in [7, 11) is -2.32. The van der Waals surface area contributed by atoms with E-state index in [0.29, 0.717) is 37.5 Å². The first-order valence-electron chi connectivity index (χ1n) is 11.9. The molecule has 2 saturated heterocycles. The maximum absolute atomic E-state index is 13.2. The van der Waals surface area contributed by atoms with E-state index in [1.807, 2.05) is 0 Å². The molecule has 2 aliphatic heterocycles. The Labute approximate surface area is 205 Å². The second kappa shape index (κ2) is 11.2. The van der Waals surface area contributed by atoms with Gasteiger partial charge in [-0.3, -0.25) is 9.59 Å². The van der Waals surface area contributed by atoms with Crippen molar-refractivity contribution in [2.45, 2.75) is 43.1 Å². The van der Waals surface area contributed by atoms with Crippen LogP contribution in [0.3, 0.4) is 0 Å². The zero-order valence-electron chi connectivity index (χ0n) is 19.8. The molecule has 2 N–H and O–H groups in total. The van der Waals surface area contributed by atoms with Gasteiger partial charge in [-0.1, -0.05) is 18.6 Å². The summed E-state index contributed by atoms with van der Waals surface area (Å²) in [6, 6.07) is 10.9. The highest BCUT2D eigenvalue weighted by molar-refractivity contribution is 7.89. The molecule has 0 spiro atoms. The van der Waals surface area contributed by atoms with Gasteiger partial charge in [-0.05, 0) is 56.0 Å². The van der Waals surface area contributed by atoms with Crippen LogP contribution in [0.5, 0.6) is 5.75 Å². The number of nitrogens with one attached hydrogen (secondary N) is 2. The van der Waals surface area contributed by atoms with E-state index in [1.165, 1.54) is 29.6 Å². The number of hydrogen-bond acceptors (Lipinski definition) is 6. The third kappa shape index (κ3) is 5.83. The summed E-state index contributed by atoms with van der Waals surface area (Å²) in [6.07, 6.45) is 4.50. The molecule has 188 valence electrons. The van der Waals surface area contributed by atoms with Gasteiger partial charge in [0, 0.05) is 26.2 Å². The Hall–Kier alpha value is -2.95. The standard InChI is InChI=1S/C25H31N3O6S/c1-33-23-12-11-19(35(31,32)28-13-5-2-6-14-28)16-21(23)25(30)27-22-10-4-3-9-20(22)24(29)26-17-18-8-7-15-34-18/h3-4,9-12,16,18H,2,5-8,13-15,17H2,1H3,(H,26,29)(H,27,30)/t18-/m1/s1. The molecule has 2 amide bonds. The van der Waals surface area contributed by atoms with Gasteiger partial charge in [0.25, 0.3) is 11.8 Å². The molecule has 10 heteroatoms. The molecule has 9 nitrogen and oxygen atoms in total. The molecular formula is C25H31N3O6S. The minimum atomic E-state index is -3.73. The largest absolute Gasteiger partial charge is 0.496 e. The summed E-state index contributed by atoms with van der Waals surface area (Å²) >= 11 is 0. The number of rotatable bonds is 8. The van der Waals surface area contributed by atoms with Crippen LogP contribution in [0.2, 0.25) is 0 Å². The normalized spacial score (nSPS) is 18.7. The molecule has 0 unspecified atom stereocenters. The van der Waals surface area contributed by atoms with Crippen molar-refractivity contribution in [3.8, 4) is 5.75 Å². The molecule has 0 bridgehead atoms. The number of anilines is 1. The maximum Gasteiger partial charge on any atom is 0.259 e. The van der Waals surface area contributed by atoms with Crippen molar-refractivity contribution in [3.05, 3.63) is 53.6 Å². The van der Waals surface area contributed by atoms with E-state index >= 15 is 0 Å². The lowest BCUT2D eigenvalue weighted by Gasteiger charge is -2.26. The predicted octanol–water partition coefficient (Wildman–Crippen LogP) is 3.03. The first-order valence-corrected chi connectivity index (χ1v) is 13.3. The predicted molar refractivity (Wildman–Crippen MR) is 131 cm³/mol. The van der Waals surface area contributed by atoms with Crippen LogP contribution in [0, 0.1) is 0 Å². The second-order valence-electron chi connectivity index (χ2n) is 8.67. The van der Waals surface area contributed by atoms with E-state index in [4.69, 9.17) is 9.47 Å². The second-order valence-corrected chi connectivity index (χ2v) is 10.6. The van der Waals surface area contributed by atoms with Gasteiger partial charge in [0.1, 0.15) is 5.75 Å². The highest BCUT2D eigenvalue weighted by Crippen LogP contribution is 2.27. The van der Waals surface area contributed by atoms with Crippen molar-refractivity contribution in [2.24, 2.45) is 0 Å². The number of ether oxygens (including phenoxy) is 2. The maximum atomic E-state index is 13.2. The zero-order valence-corrected chi connectivity index (χ0v) is 20.6. The van der Waals surface area contributed by atoms with Crippen molar-refractivity contribution in [2.75, 3.05) is 38.7 Å². The number of piperidine rings is 1. The van der Waals surface area contributed by atoms with Crippen LogP contribution in [0.15, 0.2) is 47.4 Å². The van der Waals surface area contributed by atoms with E-state index in [-0.39, 0.29) is 28.2 Å². The average Bonchev–Trinajstić information content (AvgIpc) is 3.41. The molecule has 2 heterocycles. The Morgan fingerprint density at radius 2 is 1.80 bits per heavy atom. The molecule has 4 rings (SSSR count). The summed E-state index contributed by atoms with van der Waals surface area (Å²) in [5.74, 6) is -0.665. The van der Waals surface area contributed by atoms with Crippen LogP contribution in [-0.4, -0.2) is 64.0 Å². The summed E-state index contributed by atoms with van der Waals surface area (Å²) in [4.78, 5) is 26.1. The minimum Gasteiger partial charge on any atom is -0.496 e. The molecule has 2 aliphatic rings. The van der Waals surface area contributed by atoms with Gasteiger partial charge in [0.05, 0.1) is 34.9 Å². The van der Waals surface area contributed by atoms with Gasteiger partial charge in [0.2, 0.25) is 10.0 Å². The number of amides is 2. The lowest BCUT2D eigenvalue weighted by Crippen LogP contribution is -2.35. The van der Waals surface area contributed by atoms with E-state index in [1.54, 1.807) is 24.3 Å². The first-order chi connectivity index (χ1) is 16.9. The van der Waals surface area contributed by atoms with E-state index in [9.17, 15) is 18.0 Å². The van der Waals surface area contributed by atoms with Crippen molar-refractivity contribution >= 4 is 27.5 Å².